The lowest BCUT2D eigenvalue weighted by Crippen LogP contribution is -2.36. The summed E-state index contributed by atoms with van der Waals surface area (Å²) in [4.78, 5) is 25.9. The van der Waals surface area contributed by atoms with Crippen LogP contribution in [-0.2, 0) is 9.53 Å². The normalized spacial score (nSPS) is 9.55. The van der Waals surface area contributed by atoms with E-state index in [-0.39, 0.29) is 19.0 Å². The topological polar surface area (TPSA) is 72.6 Å². The molecule has 0 aliphatic carbocycles. The Morgan fingerprint density at radius 1 is 1.50 bits per heavy atom. The minimum Gasteiger partial charge on any atom is -0.468 e. The van der Waals surface area contributed by atoms with Gasteiger partial charge in [0.2, 0.25) is 0 Å². The molecule has 1 amide bonds. The molecule has 0 fully saturated rings. The fourth-order valence-corrected chi connectivity index (χ4v) is 2.33. The average molecular weight is 294 g/mol. The Bertz CT molecular complexity index is 528. The maximum absolute atomic E-state index is 12.3. The third kappa shape index (κ3) is 4.68. The highest BCUT2D eigenvalue weighted by atomic mass is 32.1. The molecule has 0 unspecified atom stereocenters. The highest BCUT2D eigenvalue weighted by molar-refractivity contribution is 7.10. The Hall–Kier alpha value is -1.84. The van der Waals surface area contributed by atoms with Gasteiger partial charge < -0.3 is 15.4 Å². The summed E-state index contributed by atoms with van der Waals surface area (Å²) in [6, 6.07) is 1.72. The van der Waals surface area contributed by atoms with Gasteiger partial charge in [0.1, 0.15) is 6.54 Å². The number of rotatable bonds is 5. The fourth-order valence-electron chi connectivity index (χ4n) is 1.58. The first-order valence-electron chi connectivity index (χ1n) is 6.25. The van der Waals surface area contributed by atoms with E-state index in [2.05, 4.69) is 16.6 Å². The second-order valence-corrected chi connectivity index (χ2v) is 4.92. The van der Waals surface area contributed by atoms with Crippen molar-refractivity contribution in [2.24, 2.45) is 5.73 Å². The number of nitrogens with zero attached hydrogens (tertiary/aromatic N) is 1. The molecular formula is C14H18N2O3S. The van der Waals surface area contributed by atoms with Crippen LogP contribution in [-0.4, -0.2) is 43.5 Å². The minimum atomic E-state index is -0.426. The van der Waals surface area contributed by atoms with Gasteiger partial charge in [-0.1, -0.05) is 18.8 Å². The van der Waals surface area contributed by atoms with Gasteiger partial charge in [0.05, 0.1) is 24.1 Å². The van der Waals surface area contributed by atoms with E-state index in [1.54, 1.807) is 11.4 Å². The Kier molecular flexibility index (Phi) is 6.77. The molecule has 2 N–H and O–H groups in total. The van der Waals surface area contributed by atoms with E-state index in [1.807, 2.05) is 6.92 Å². The molecule has 0 radical (unpaired) electrons. The number of ether oxygens (including phenoxy) is 1. The summed E-state index contributed by atoms with van der Waals surface area (Å²) in [5, 5.41) is 1.74. The smallest absolute Gasteiger partial charge is 0.325 e. The summed E-state index contributed by atoms with van der Waals surface area (Å²) in [6.07, 6.45) is 0.771. The van der Waals surface area contributed by atoms with Gasteiger partial charge in [0, 0.05) is 11.9 Å². The number of methoxy groups -OCH3 is 1. The molecule has 0 atom stereocenters. The summed E-state index contributed by atoms with van der Waals surface area (Å²) < 4.78 is 4.60. The molecule has 0 saturated heterocycles. The Morgan fingerprint density at radius 3 is 2.85 bits per heavy atom. The molecule has 108 valence electrons. The molecule has 0 aliphatic rings. The molecule has 0 saturated carbocycles. The number of esters is 1. The molecule has 0 aliphatic heterocycles. The second-order valence-electron chi connectivity index (χ2n) is 4.01. The first kappa shape index (κ1) is 16.2. The maximum atomic E-state index is 12.3. The summed E-state index contributed by atoms with van der Waals surface area (Å²) in [7, 11) is 1.31. The molecule has 6 heteroatoms. The molecule has 20 heavy (non-hydrogen) atoms. The first-order valence-corrected chi connectivity index (χ1v) is 7.13. The third-order valence-corrected chi connectivity index (χ3v) is 3.33. The molecule has 0 aromatic carbocycles. The average Bonchev–Trinajstić information content (AvgIpc) is 2.92. The third-order valence-electron chi connectivity index (χ3n) is 2.49. The van der Waals surface area contributed by atoms with Crippen LogP contribution in [0.15, 0.2) is 11.4 Å². The Balaban J connectivity index is 2.83. The molecular weight excluding hydrogens is 276 g/mol. The van der Waals surface area contributed by atoms with E-state index in [4.69, 9.17) is 5.73 Å². The highest BCUT2D eigenvalue weighted by Gasteiger charge is 2.19. The van der Waals surface area contributed by atoms with Crippen LogP contribution in [0.5, 0.6) is 0 Å². The largest absolute Gasteiger partial charge is 0.468 e. The Labute approximate surface area is 122 Å². The number of amides is 1. The van der Waals surface area contributed by atoms with E-state index < -0.39 is 5.97 Å². The number of hydrogen-bond acceptors (Lipinski definition) is 5. The highest BCUT2D eigenvalue weighted by Crippen LogP contribution is 2.16. The predicted octanol–water partition coefficient (Wildman–Crippen LogP) is 1.08. The molecule has 1 aromatic heterocycles. The van der Waals surface area contributed by atoms with Crippen molar-refractivity contribution in [2.75, 3.05) is 26.7 Å². The van der Waals surface area contributed by atoms with Gasteiger partial charge in [-0.05, 0) is 12.5 Å². The van der Waals surface area contributed by atoms with Crippen LogP contribution in [0.3, 0.4) is 0 Å². The zero-order valence-corrected chi connectivity index (χ0v) is 12.5. The fraction of sp³-hybridized carbons (Fsp3) is 0.429. The quantitative estimate of drug-likeness (QED) is 0.651. The van der Waals surface area contributed by atoms with Crippen LogP contribution in [0.2, 0.25) is 0 Å². The van der Waals surface area contributed by atoms with E-state index in [1.165, 1.54) is 23.3 Å². The standard InChI is InChI=1S/C14H18N2O3S/c1-3-7-16(9-13(17)19-2)14(18)11-8-12(20-10-11)5-4-6-15/h8,10H,3,6-7,9,15H2,1-2H3. The molecule has 1 rings (SSSR count). The number of hydrogen-bond donors (Lipinski definition) is 1. The summed E-state index contributed by atoms with van der Waals surface area (Å²) in [5.41, 5.74) is 5.84. The van der Waals surface area contributed by atoms with Crippen molar-refractivity contribution in [3.63, 3.8) is 0 Å². The van der Waals surface area contributed by atoms with Crippen LogP contribution in [0, 0.1) is 11.8 Å². The van der Waals surface area contributed by atoms with E-state index in [9.17, 15) is 9.59 Å². The van der Waals surface area contributed by atoms with Gasteiger partial charge in [-0.25, -0.2) is 0 Å². The van der Waals surface area contributed by atoms with E-state index >= 15 is 0 Å². The van der Waals surface area contributed by atoms with Crippen molar-refractivity contribution in [1.82, 2.24) is 4.90 Å². The number of thiophene rings is 1. The van der Waals surface area contributed by atoms with Crippen molar-refractivity contribution in [3.05, 3.63) is 21.9 Å². The monoisotopic (exact) mass is 294 g/mol. The van der Waals surface area contributed by atoms with Gasteiger partial charge in [0.25, 0.3) is 5.91 Å². The van der Waals surface area contributed by atoms with Crippen molar-refractivity contribution < 1.29 is 14.3 Å². The van der Waals surface area contributed by atoms with Gasteiger partial charge >= 0.3 is 5.97 Å². The van der Waals surface area contributed by atoms with Crippen LogP contribution in [0.1, 0.15) is 28.6 Å². The van der Waals surface area contributed by atoms with Gasteiger partial charge in [0.15, 0.2) is 0 Å². The SMILES string of the molecule is CCCN(CC(=O)OC)C(=O)c1csc(C#CCN)c1. The lowest BCUT2D eigenvalue weighted by atomic mass is 10.2. The van der Waals surface area contributed by atoms with Gasteiger partial charge in [-0.2, -0.15) is 0 Å². The molecule has 0 spiro atoms. The van der Waals surface area contributed by atoms with Crippen LogP contribution >= 0.6 is 11.3 Å². The van der Waals surface area contributed by atoms with Gasteiger partial charge in [-0.3, -0.25) is 9.59 Å². The Morgan fingerprint density at radius 2 is 2.25 bits per heavy atom. The van der Waals surface area contributed by atoms with E-state index in [0.717, 1.165) is 11.3 Å². The molecule has 0 bridgehead atoms. The van der Waals surface area contributed by atoms with Crippen LogP contribution in [0.25, 0.3) is 0 Å². The zero-order chi connectivity index (χ0) is 15.0. The van der Waals surface area contributed by atoms with Crippen molar-refractivity contribution >= 4 is 23.2 Å². The number of nitrogens with two attached hydrogens (primary N) is 1. The van der Waals surface area contributed by atoms with E-state index in [0.29, 0.717) is 12.1 Å². The molecule has 1 heterocycles. The molecule has 1 aromatic rings. The second kappa shape index (κ2) is 8.35. The minimum absolute atomic E-state index is 0.0389. The lowest BCUT2D eigenvalue weighted by molar-refractivity contribution is -0.141. The van der Waals surface area contributed by atoms with Crippen LogP contribution in [0.4, 0.5) is 0 Å². The predicted molar refractivity (Wildman–Crippen MR) is 78.5 cm³/mol. The van der Waals surface area contributed by atoms with Crippen molar-refractivity contribution in [2.45, 2.75) is 13.3 Å². The molecule has 5 nitrogen and oxygen atoms in total. The summed E-state index contributed by atoms with van der Waals surface area (Å²) in [6.45, 7) is 2.70. The number of carbonyl (C=O) groups is 2. The van der Waals surface area contributed by atoms with Gasteiger partial charge in [-0.15, -0.1) is 11.3 Å². The first-order chi connectivity index (χ1) is 9.62. The summed E-state index contributed by atoms with van der Waals surface area (Å²) in [5.74, 6) is 5.01. The maximum Gasteiger partial charge on any atom is 0.325 e. The summed E-state index contributed by atoms with van der Waals surface area (Å²) >= 11 is 1.39. The van der Waals surface area contributed by atoms with Crippen molar-refractivity contribution in [1.29, 1.82) is 0 Å². The van der Waals surface area contributed by atoms with Crippen LogP contribution < -0.4 is 5.73 Å². The number of carbonyl (C=O) groups excluding carboxylic acids is 2. The van der Waals surface area contributed by atoms with Crippen molar-refractivity contribution in [3.8, 4) is 11.8 Å². The lowest BCUT2D eigenvalue weighted by Gasteiger charge is -2.20. The zero-order valence-electron chi connectivity index (χ0n) is 11.6.